The van der Waals surface area contributed by atoms with Gasteiger partial charge in [0.2, 0.25) is 5.91 Å². The summed E-state index contributed by atoms with van der Waals surface area (Å²) in [6.07, 6.45) is 14.1. The fourth-order valence-electron chi connectivity index (χ4n) is 6.92. The summed E-state index contributed by atoms with van der Waals surface area (Å²) >= 11 is 0. The molecule has 2 fully saturated rings. The lowest BCUT2D eigenvalue weighted by atomic mass is 9.78. The van der Waals surface area contributed by atoms with E-state index < -0.39 is 5.54 Å². The smallest absolute Gasteiger partial charge is 0.222 e. The number of piperidine rings is 1. The number of amides is 1. The molecule has 1 aromatic carbocycles. The highest BCUT2D eigenvalue weighted by molar-refractivity contribution is 5.77. The third-order valence-electron chi connectivity index (χ3n) is 8.95. The summed E-state index contributed by atoms with van der Waals surface area (Å²) in [6.45, 7) is 13.9. The molecule has 0 N–H and O–H groups in total. The van der Waals surface area contributed by atoms with Crippen LogP contribution in [0.5, 0.6) is 0 Å². The number of hydrogen-bond donors (Lipinski definition) is 0. The van der Waals surface area contributed by atoms with Crippen LogP contribution in [0.4, 0.5) is 0 Å². The first-order chi connectivity index (χ1) is 17.0. The van der Waals surface area contributed by atoms with Crippen LogP contribution in [-0.4, -0.2) is 57.0 Å². The summed E-state index contributed by atoms with van der Waals surface area (Å²) < 4.78 is 2.26. The molecule has 35 heavy (non-hydrogen) atoms. The van der Waals surface area contributed by atoms with E-state index in [1.54, 1.807) is 0 Å². The van der Waals surface area contributed by atoms with Crippen LogP contribution >= 0.6 is 0 Å². The number of nitrogens with zero attached hydrogens (tertiary/aromatic N) is 4. The lowest BCUT2D eigenvalue weighted by Crippen LogP contribution is -2.44. The molecule has 0 aliphatic carbocycles. The lowest BCUT2D eigenvalue weighted by Gasteiger charge is -2.38. The number of carbonyl (C=O) groups is 1. The standard InChI is InChI=1S/C30H40N4O/c1-5-25(6-2)30(27-10-8-7-9-26(27)29-31-17-20-34(29)30)16-13-28(35)32-18-14-24(15-19-32)21-33-22(3)11-12-23(33)4/h5-10,17,20,22-24H,1,11-16,18-19,21H2,2-4H3. The molecule has 2 aromatic rings. The third kappa shape index (κ3) is 4.08. The predicted octanol–water partition coefficient (Wildman–Crippen LogP) is 5.63. The summed E-state index contributed by atoms with van der Waals surface area (Å²) in [7, 11) is 0. The van der Waals surface area contributed by atoms with Crippen molar-refractivity contribution in [3.05, 3.63) is 66.5 Å². The number of fused-ring (bicyclic) bond motifs is 3. The van der Waals surface area contributed by atoms with Gasteiger partial charge < -0.3 is 9.47 Å². The van der Waals surface area contributed by atoms with Gasteiger partial charge in [-0.25, -0.2) is 4.98 Å². The van der Waals surface area contributed by atoms with Gasteiger partial charge in [0.05, 0.1) is 5.54 Å². The summed E-state index contributed by atoms with van der Waals surface area (Å²) in [6, 6.07) is 9.89. The molecule has 2 saturated heterocycles. The zero-order chi connectivity index (χ0) is 24.6. The lowest BCUT2D eigenvalue weighted by molar-refractivity contribution is -0.133. The molecule has 0 bridgehead atoms. The number of rotatable bonds is 7. The van der Waals surface area contributed by atoms with Crippen molar-refractivity contribution in [2.75, 3.05) is 19.6 Å². The van der Waals surface area contributed by atoms with Gasteiger partial charge in [0.15, 0.2) is 0 Å². The van der Waals surface area contributed by atoms with Crippen molar-refractivity contribution in [1.29, 1.82) is 0 Å². The van der Waals surface area contributed by atoms with E-state index in [1.807, 2.05) is 12.3 Å². The minimum Gasteiger partial charge on any atom is -0.343 e. The number of allylic oxidation sites excluding steroid dienone is 3. The minimum absolute atomic E-state index is 0.274. The summed E-state index contributed by atoms with van der Waals surface area (Å²) in [5.74, 6) is 1.95. The molecule has 0 saturated carbocycles. The Morgan fingerprint density at radius 2 is 1.86 bits per heavy atom. The molecule has 5 rings (SSSR count). The van der Waals surface area contributed by atoms with Gasteiger partial charge >= 0.3 is 0 Å². The molecule has 5 heteroatoms. The Bertz CT molecular complexity index is 1100. The van der Waals surface area contributed by atoms with E-state index in [4.69, 9.17) is 0 Å². The Hall–Kier alpha value is -2.66. The number of likely N-dealkylation sites (tertiary alicyclic amines) is 2. The van der Waals surface area contributed by atoms with Crippen LogP contribution in [0.1, 0.15) is 64.9 Å². The van der Waals surface area contributed by atoms with Gasteiger partial charge in [0.1, 0.15) is 5.82 Å². The molecular formula is C30H40N4O. The van der Waals surface area contributed by atoms with Crippen molar-refractivity contribution in [3.8, 4) is 11.4 Å². The molecule has 3 atom stereocenters. The normalized spacial score (nSPS) is 27.2. The molecule has 1 aromatic heterocycles. The maximum atomic E-state index is 13.5. The monoisotopic (exact) mass is 472 g/mol. The van der Waals surface area contributed by atoms with Crippen molar-refractivity contribution in [2.24, 2.45) is 5.92 Å². The second-order valence-electron chi connectivity index (χ2n) is 10.8. The van der Waals surface area contributed by atoms with E-state index in [2.05, 4.69) is 83.2 Å². The second kappa shape index (κ2) is 9.77. The summed E-state index contributed by atoms with van der Waals surface area (Å²) in [5, 5.41) is 0. The minimum atomic E-state index is -0.436. The number of carbonyl (C=O) groups excluding carboxylic acids is 1. The SMILES string of the molecule is C=CC(=CC)C1(CCC(=O)N2CCC(CN3C(C)CCC3C)CC2)c2ccccc2-c2nccn21. The number of hydrogen-bond acceptors (Lipinski definition) is 3. The number of imidazole rings is 1. The molecule has 1 amide bonds. The largest absolute Gasteiger partial charge is 0.343 e. The Morgan fingerprint density at radius 3 is 2.54 bits per heavy atom. The average molecular weight is 473 g/mol. The van der Waals surface area contributed by atoms with Crippen LogP contribution in [0.25, 0.3) is 11.4 Å². The van der Waals surface area contributed by atoms with Crippen molar-refractivity contribution < 1.29 is 4.79 Å². The number of benzene rings is 1. The fraction of sp³-hybridized carbons (Fsp3) is 0.533. The highest BCUT2D eigenvalue weighted by Crippen LogP contribution is 2.50. The van der Waals surface area contributed by atoms with Crippen LogP contribution in [0.2, 0.25) is 0 Å². The first-order valence-corrected chi connectivity index (χ1v) is 13.5. The molecule has 3 aliphatic rings. The average Bonchev–Trinajstić information content (AvgIpc) is 3.56. The van der Waals surface area contributed by atoms with Crippen LogP contribution in [0.3, 0.4) is 0 Å². The second-order valence-corrected chi connectivity index (χ2v) is 10.8. The first-order valence-electron chi connectivity index (χ1n) is 13.5. The van der Waals surface area contributed by atoms with Crippen molar-refractivity contribution in [2.45, 2.75) is 76.9 Å². The maximum absolute atomic E-state index is 13.5. The van der Waals surface area contributed by atoms with Gasteiger partial charge in [-0.15, -0.1) is 0 Å². The zero-order valence-corrected chi connectivity index (χ0v) is 21.6. The molecule has 186 valence electrons. The maximum Gasteiger partial charge on any atom is 0.222 e. The molecule has 5 nitrogen and oxygen atoms in total. The quantitative estimate of drug-likeness (QED) is 0.490. The molecule has 3 unspecified atom stereocenters. The fourth-order valence-corrected chi connectivity index (χ4v) is 6.92. The van der Waals surface area contributed by atoms with E-state index in [9.17, 15) is 4.79 Å². The van der Waals surface area contributed by atoms with Gasteiger partial charge in [-0.2, -0.15) is 0 Å². The highest BCUT2D eigenvalue weighted by Gasteiger charge is 2.45. The first kappa shape index (κ1) is 24.1. The van der Waals surface area contributed by atoms with E-state index >= 15 is 0 Å². The van der Waals surface area contributed by atoms with E-state index in [0.717, 1.165) is 42.9 Å². The molecule has 4 heterocycles. The Balaban J connectivity index is 1.28. The Morgan fingerprint density at radius 1 is 1.14 bits per heavy atom. The Labute approximate surface area is 210 Å². The highest BCUT2D eigenvalue weighted by atomic mass is 16.2. The van der Waals surface area contributed by atoms with Crippen LogP contribution in [-0.2, 0) is 10.3 Å². The van der Waals surface area contributed by atoms with Crippen LogP contribution < -0.4 is 0 Å². The van der Waals surface area contributed by atoms with Gasteiger partial charge in [0, 0.05) is 56.1 Å². The predicted molar refractivity (Wildman–Crippen MR) is 142 cm³/mol. The van der Waals surface area contributed by atoms with Crippen molar-refractivity contribution in [3.63, 3.8) is 0 Å². The van der Waals surface area contributed by atoms with Gasteiger partial charge in [-0.05, 0) is 69.9 Å². The van der Waals surface area contributed by atoms with E-state index in [-0.39, 0.29) is 5.91 Å². The summed E-state index contributed by atoms with van der Waals surface area (Å²) in [5.41, 5.74) is 3.06. The van der Waals surface area contributed by atoms with Gasteiger partial charge in [-0.1, -0.05) is 43.0 Å². The zero-order valence-electron chi connectivity index (χ0n) is 21.6. The Kier molecular flexibility index (Phi) is 6.71. The topological polar surface area (TPSA) is 41.4 Å². The molecular weight excluding hydrogens is 432 g/mol. The van der Waals surface area contributed by atoms with Gasteiger partial charge in [-0.3, -0.25) is 9.69 Å². The molecule has 0 spiro atoms. The van der Waals surface area contributed by atoms with Crippen molar-refractivity contribution >= 4 is 5.91 Å². The van der Waals surface area contributed by atoms with E-state index in [0.29, 0.717) is 30.8 Å². The van der Waals surface area contributed by atoms with Crippen molar-refractivity contribution in [1.82, 2.24) is 19.4 Å². The molecule has 0 radical (unpaired) electrons. The molecule has 3 aliphatic heterocycles. The van der Waals surface area contributed by atoms with Crippen LogP contribution in [0.15, 0.2) is 61.0 Å². The summed E-state index contributed by atoms with van der Waals surface area (Å²) in [4.78, 5) is 22.9. The number of aromatic nitrogens is 2. The van der Waals surface area contributed by atoms with Gasteiger partial charge in [0.25, 0.3) is 0 Å². The third-order valence-corrected chi connectivity index (χ3v) is 8.95. The van der Waals surface area contributed by atoms with E-state index in [1.165, 1.54) is 24.9 Å². The van der Waals surface area contributed by atoms with Crippen LogP contribution in [0, 0.1) is 5.92 Å².